The highest BCUT2D eigenvalue weighted by atomic mass is 16.4. The van der Waals surface area contributed by atoms with Crippen molar-refractivity contribution in [2.45, 2.75) is 13.8 Å². The largest absolute Gasteiger partial charge is 0.409 e. The molecule has 0 aliphatic carbocycles. The summed E-state index contributed by atoms with van der Waals surface area (Å²) in [6, 6.07) is 11.7. The molecule has 2 rings (SSSR count). The first-order valence-electron chi connectivity index (χ1n) is 6.29. The Balaban J connectivity index is 2.61. The first kappa shape index (κ1) is 13.9. The third-order valence-corrected chi connectivity index (χ3v) is 3.15. The number of benzene rings is 1. The number of hydrogen-bond donors (Lipinski definition) is 2. The molecule has 0 atom stereocenters. The molecule has 0 radical (unpaired) electrons. The number of nitrogens with two attached hydrogens (primary N) is 1. The van der Waals surface area contributed by atoms with Gasteiger partial charge in [-0.3, -0.25) is 0 Å². The zero-order valence-corrected chi connectivity index (χ0v) is 11.8. The molecule has 0 aliphatic rings. The van der Waals surface area contributed by atoms with Crippen LogP contribution >= 0.6 is 0 Å². The van der Waals surface area contributed by atoms with Gasteiger partial charge in [0.15, 0.2) is 5.84 Å². The lowest BCUT2D eigenvalue weighted by molar-refractivity contribution is 0.318. The van der Waals surface area contributed by atoms with Crippen LogP contribution in [0.15, 0.2) is 41.6 Å². The highest BCUT2D eigenvalue weighted by Crippen LogP contribution is 2.27. The van der Waals surface area contributed by atoms with E-state index in [1.165, 1.54) is 0 Å². The summed E-state index contributed by atoms with van der Waals surface area (Å²) in [6.45, 7) is 3.84. The molecule has 2 aromatic rings. The molecule has 0 bridgehead atoms. The summed E-state index contributed by atoms with van der Waals surface area (Å²) in [5, 5.41) is 12.1. The van der Waals surface area contributed by atoms with Gasteiger partial charge in [-0.25, -0.2) is 4.98 Å². The number of rotatable bonds is 3. The van der Waals surface area contributed by atoms with Crippen molar-refractivity contribution in [2.75, 3.05) is 11.9 Å². The number of aromatic nitrogens is 1. The van der Waals surface area contributed by atoms with Gasteiger partial charge in [0.25, 0.3) is 0 Å². The minimum Gasteiger partial charge on any atom is -0.409 e. The maximum absolute atomic E-state index is 8.98. The fraction of sp³-hybridized carbons (Fsp3) is 0.200. The van der Waals surface area contributed by atoms with Gasteiger partial charge in [0, 0.05) is 18.4 Å². The van der Waals surface area contributed by atoms with E-state index in [1.807, 2.05) is 62.2 Å². The van der Waals surface area contributed by atoms with E-state index in [-0.39, 0.29) is 5.84 Å². The first-order valence-corrected chi connectivity index (χ1v) is 6.29. The van der Waals surface area contributed by atoms with E-state index in [9.17, 15) is 0 Å². The van der Waals surface area contributed by atoms with Crippen LogP contribution in [0.5, 0.6) is 0 Å². The summed E-state index contributed by atoms with van der Waals surface area (Å²) >= 11 is 0. The Labute approximate surface area is 118 Å². The second kappa shape index (κ2) is 5.61. The predicted octanol–water partition coefficient (Wildman–Crippen LogP) is 2.56. The molecule has 0 unspecified atom stereocenters. The Morgan fingerprint density at radius 2 is 1.90 bits per heavy atom. The number of oxime groups is 1. The van der Waals surface area contributed by atoms with Gasteiger partial charge in [-0.05, 0) is 37.6 Å². The molecule has 104 valence electrons. The maximum atomic E-state index is 8.98. The Hall–Kier alpha value is -2.56. The summed E-state index contributed by atoms with van der Waals surface area (Å²) < 4.78 is 0. The van der Waals surface area contributed by atoms with Crippen molar-refractivity contribution < 1.29 is 5.21 Å². The predicted molar refractivity (Wildman–Crippen MR) is 80.7 cm³/mol. The van der Waals surface area contributed by atoms with Gasteiger partial charge in [-0.15, -0.1) is 0 Å². The molecule has 0 saturated heterocycles. The number of aryl methyl sites for hydroxylation is 2. The van der Waals surface area contributed by atoms with E-state index >= 15 is 0 Å². The molecule has 1 aromatic heterocycles. The number of pyridine rings is 1. The second-order valence-corrected chi connectivity index (χ2v) is 4.66. The number of para-hydroxylation sites is 1. The number of amidine groups is 1. The van der Waals surface area contributed by atoms with Crippen molar-refractivity contribution in [3.63, 3.8) is 0 Å². The molecule has 1 heterocycles. The average molecular weight is 270 g/mol. The van der Waals surface area contributed by atoms with E-state index in [4.69, 9.17) is 10.9 Å². The Morgan fingerprint density at radius 3 is 2.50 bits per heavy atom. The lowest BCUT2D eigenvalue weighted by Gasteiger charge is -2.22. The summed E-state index contributed by atoms with van der Waals surface area (Å²) in [5.41, 5.74) is 9.23. The van der Waals surface area contributed by atoms with Gasteiger partial charge in [-0.2, -0.15) is 0 Å². The van der Waals surface area contributed by atoms with Crippen molar-refractivity contribution in [2.24, 2.45) is 10.9 Å². The third-order valence-electron chi connectivity index (χ3n) is 3.15. The molecule has 0 saturated carbocycles. The summed E-state index contributed by atoms with van der Waals surface area (Å²) in [6.07, 6.45) is 0. The van der Waals surface area contributed by atoms with Crippen LogP contribution in [-0.2, 0) is 0 Å². The van der Waals surface area contributed by atoms with Gasteiger partial charge in [0.1, 0.15) is 5.82 Å². The number of anilines is 2. The van der Waals surface area contributed by atoms with Crippen LogP contribution in [0.4, 0.5) is 11.5 Å². The smallest absolute Gasteiger partial charge is 0.174 e. The van der Waals surface area contributed by atoms with Crippen LogP contribution in [0, 0.1) is 13.8 Å². The van der Waals surface area contributed by atoms with Crippen molar-refractivity contribution >= 4 is 17.3 Å². The van der Waals surface area contributed by atoms with E-state index in [0.717, 1.165) is 16.9 Å². The Bertz CT molecular complexity index is 638. The SMILES string of the molecule is Cc1cc(C)c(C(N)=NO)c(N(C)c2ccccc2)n1. The molecular weight excluding hydrogens is 252 g/mol. The molecule has 20 heavy (non-hydrogen) atoms. The quantitative estimate of drug-likeness (QED) is 0.389. The van der Waals surface area contributed by atoms with Crippen molar-refractivity contribution in [1.82, 2.24) is 4.98 Å². The Kier molecular flexibility index (Phi) is 3.89. The first-order chi connectivity index (χ1) is 9.54. The van der Waals surface area contributed by atoms with E-state index in [2.05, 4.69) is 10.1 Å². The van der Waals surface area contributed by atoms with Gasteiger partial charge in [0.05, 0.1) is 5.56 Å². The molecule has 5 heteroatoms. The maximum Gasteiger partial charge on any atom is 0.174 e. The standard InChI is InChI=1S/C15H18N4O/c1-10-9-11(2)17-15(13(10)14(16)18-20)19(3)12-7-5-4-6-8-12/h4-9,20H,1-3H3,(H2,16,18). The van der Waals surface area contributed by atoms with Crippen molar-refractivity contribution in [3.8, 4) is 0 Å². The second-order valence-electron chi connectivity index (χ2n) is 4.66. The minimum absolute atomic E-state index is 0.0628. The molecular formula is C15H18N4O. The zero-order valence-electron chi connectivity index (χ0n) is 11.8. The van der Waals surface area contributed by atoms with E-state index in [0.29, 0.717) is 11.4 Å². The topological polar surface area (TPSA) is 74.7 Å². The average Bonchev–Trinajstić information content (AvgIpc) is 2.46. The third kappa shape index (κ3) is 2.56. The fourth-order valence-corrected chi connectivity index (χ4v) is 2.20. The zero-order chi connectivity index (χ0) is 14.7. The normalized spacial score (nSPS) is 11.4. The monoisotopic (exact) mass is 270 g/mol. The van der Waals surface area contributed by atoms with Crippen LogP contribution in [0.3, 0.4) is 0 Å². The van der Waals surface area contributed by atoms with Crippen LogP contribution < -0.4 is 10.6 Å². The van der Waals surface area contributed by atoms with Crippen molar-refractivity contribution in [3.05, 3.63) is 53.2 Å². The minimum atomic E-state index is 0.0628. The van der Waals surface area contributed by atoms with Crippen molar-refractivity contribution in [1.29, 1.82) is 0 Å². The molecule has 0 amide bonds. The number of nitrogens with zero attached hydrogens (tertiary/aromatic N) is 3. The van der Waals surface area contributed by atoms with Crippen LogP contribution in [-0.4, -0.2) is 23.1 Å². The van der Waals surface area contributed by atoms with Gasteiger partial charge >= 0.3 is 0 Å². The number of hydrogen-bond acceptors (Lipinski definition) is 4. The van der Waals surface area contributed by atoms with E-state index < -0.39 is 0 Å². The Morgan fingerprint density at radius 1 is 1.25 bits per heavy atom. The molecule has 0 fully saturated rings. The molecule has 3 N–H and O–H groups in total. The summed E-state index contributed by atoms with van der Waals surface area (Å²) in [5.74, 6) is 0.733. The van der Waals surface area contributed by atoms with Gasteiger partial charge < -0.3 is 15.8 Å². The highest BCUT2D eigenvalue weighted by molar-refractivity contribution is 6.03. The van der Waals surface area contributed by atoms with Gasteiger partial charge in [0.2, 0.25) is 0 Å². The molecule has 5 nitrogen and oxygen atoms in total. The van der Waals surface area contributed by atoms with Crippen LogP contribution in [0.2, 0.25) is 0 Å². The van der Waals surface area contributed by atoms with Gasteiger partial charge in [-0.1, -0.05) is 23.4 Å². The summed E-state index contributed by atoms with van der Waals surface area (Å²) in [7, 11) is 1.91. The lowest BCUT2D eigenvalue weighted by Crippen LogP contribution is -2.22. The molecule has 0 aliphatic heterocycles. The molecule has 0 spiro atoms. The molecule has 1 aromatic carbocycles. The lowest BCUT2D eigenvalue weighted by atomic mass is 10.1. The summed E-state index contributed by atoms with van der Waals surface area (Å²) in [4.78, 5) is 6.46. The van der Waals surface area contributed by atoms with E-state index in [1.54, 1.807) is 0 Å². The highest BCUT2D eigenvalue weighted by Gasteiger charge is 2.17. The van der Waals surface area contributed by atoms with Crippen LogP contribution in [0.1, 0.15) is 16.8 Å². The van der Waals surface area contributed by atoms with Crippen LogP contribution in [0.25, 0.3) is 0 Å². The fourth-order valence-electron chi connectivity index (χ4n) is 2.20.